The molecule has 2 aromatic rings. The van der Waals surface area contributed by atoms with Crippen molar-refractivity contribution in [1.82, 2.24) is 9.55 Å². The molecule has 3 N–H and O–H groups in total. The molecule has 1 aromatic carbocycles. The van der Waals surface area contributed by atoms with Gasteiger partial charge in [-0.1, -0.05) is 43.2 Å². The first-order valence-electron chi connectivity index (χ1n) is 8.21. The SMILES string of the molecule is CC1(N)CCCCC1C(=O)Nc1nccn1Cc1ccccc1. The van der Waals surface area contributed by atoms with Crippen LogP contribution in [0, 0.1) is 5.92 Å². The Kier molecular flexibility index (Phi) is 4.48. The Hall–Kier alpha value is -2.14. The molecular formula is C18H24N4O. The lowest BCUT2D eigenvalue weighted by Gasteiger charge is -2.37. The van der Waals surface area contributed by atoms with Crippen LogP contribution in [0.25, 0.3) is 0 Å². The zero-order valence-electron chi connectivity index (χ0n) is 13.5. The van der Waals surface area contributed by atoms with Crippen LogP contribution in [0.5, 0.6) is 0 Å². The third kappa shape index (κ3) is 3.62. The van der Waals surface area contributed by atoms with Gasteiger partial charge in [0.2, 0.25) is 11.9 Å². The van der Waals surface area contributed by atoms with Crippen molar-refractivity contribution in [2.24, 2.45) is 11.7 Å². The van der Waals surface area contributed by atoms with Crippen molar-refractivity contribution in [2.45, 2.75) is 44.7 Å². The standard InChI is InChI=1S/C18H24N4O/c1-18(19)10-6-5-9-15(18)16(23)21-17-20-11-12-22(17)13-14-7-3-2-4-8-14/h2-4,7-8,11-12,15H,5-6,9-10,13,19H2,1H3,(H,20,21,23). The second-order valence-corrected chi connectivity index (χ2v) is 6.66. The van der Waals surface area contributed by atoms with Crippen molar-refractivity contribution in [3.05, 3.63) is 48.3 Å². The molecule has 5 heteroatoms. The molecule has 0 bridgehead atoms. The van der Waals surface area contributed by atoms with E-state index in [1.165, 1.54) is 5.56 Å². The van der Waals surface area contributed by atoms with Gasteiger partial charge in [-0.15, -0.1) is 0 Å². The molecule has 1 aliphatic rings. The minimum Gasteiger partial charge on any atom is -0.325 e. The van der Waals surface area contributed by atoms with E-state index in [0.29, 0.717) is 12.5 Å². The summed E-state index contributed by atoms with van der Waals surface area (Å²) in [6.45, 7) is 2.66. The maximum Gasteiger partial charge on any atom is 0.231 e. The lowest BCUT2D eigenvalue weighted by molar-refractivity contribution is -0.122. The Bertz CT molecular complexity index is 663. The number of hydrogen-bond acceptors (Lipinski definition) is 3. The summed E-state index contributed by atoms with van der Waals surface area (Å²) in [5.74, 6) is 0.411. The van der Waals surface area contributed by atoms with Crippen LogP contribution in [0.15, 0.2) is 42.7 Å². The van der Waals surface area contributed by atoms with Gasteiger partial charge < -0.3 is 10.3 Å². The molecule has 0 saturated heterocycles. The van der Waals surface area contributed by atoms with Crippen LogP contribution in [0.4, 0.5) is 5.95 Å². The van der Waals surface area contributed by atoms with Crippen LogP contribution < -0.4 is 11.1 Å². The van der Waals surface area contributed by atoms with Crippen molar-refractivity contribution < 1.29 is 4.79 Å². The van der Waals surface area contributed by atoms with Crippen LogP contribution >= 0.6 is 0 Å². The number of benzene rings is 1. The quantitative estimate of drug-likeness (QED) is 0.911. The third-order valence-corrected chi connectivity index (χ3v) is 4.72. The number of carbonyl (C=O) groups excluding carboxylic acids is 1. The molecule has 1 aromatic heterocycles. The number of nitrogens with two attached hydrogens (primary N) is 1. The molecule has 5 nitrogen and oxygen atoms in total. The lowest BCUT2D eigenvalue weighted by Crippen LogP contribution is -2.51. The average Bonchev–Trinajstić information content (AvgIpc) is 2.94. The lowest BCUT2D eigenvalue weighted by atomic mass is 9.74. The zero-order chi connectivity index (χ0) is 16.3. The van der Waals surface area contributed by atoms with Crippen LogP contribution in [0.1, 0.15) is 38.2 Å². The normalized spacial score (nSPS) is 24.3. The van der Waals surface area contributed by atoms with Gasteiger partial charge in [0.05, 0.1) is 12.5 Å². The molecule has 122 valence electrons. The Morgan fingerprint density at radius 2 is 2.17 bits per heavy atom. The largest absolute Gasteiger partial charge is 0.325 e. The number of amides is 1. The second kappa shape index (κ2) is 6.54. The predicted molar refractivity (Wildman–Crippen MR) is 91.0 cm³/mol. The maximum absolute atomic E-state index is 12.6. The molecule has 0 spiro atoms. The summed E-state index contributed by atoms with van der Waals surface area (Å²) in [6, 6.07) is 10.1. The predicted octanol–water partition coefficient (Wildman–Crippen LogP) is 2.78. The molecule has 2 atom stereocenters. The van der Waals surface area contributed by atoms with Gasteiger partial charge in [-0.05, 0) is 25.3 Å². The van der Waals surface area contributed by atoms with E-state index in [1.807, 2.05) is 35.9 Å². The van der Waals surface area contributed by atoms with Crippen LogP contribution in [-0.4, -0.2) is 21.0 Å². The van der Waals surface area contributed by atoms with E-state index in [1.54, 1.807) is 6.20 Å². The van der Waals surface area contributed by atoms with Crippen molar-refractivity contribution in [2.75, 3.05) is 5.32 Å². The molecule has 1 heterocycles. The van der Waals surface area contributed by atoms with Gasteiger partial charge in [-0.25, -0.2) is 4.98 Å². The molecule has 0 aliphatic heterocycles. The van der Waals surface area contributed by atoms with E-state index < -0.39 is 5.54 Å². The Balaban J connectivity index is 1.71. The molecular weight excluding hydrogens is 288 g/mol. The van der Waals surface area contributed by atoms with Gasteiger partial charge in [0.25, 0.3) is 0 Å². The topological polar surface area (TPSA) is 72.9 Å². The minimum atomic E-state index is -0.431. The highest BCUT2D eigenvalue weighted by Gasteiger charge is 2.38. The van der Waals surface area contributed by atoms with E-state index in [2.05, 4.69) is 22.4 Å². The number of anilines is 1. The van der Waals surface area contributed by atoms with Gasteiger partial charge in [0, 0.05) is 17.9 Å². The number of hydrogen-bond donors (Lipinski definition) is 2. The summed E-state index contributed by atoms with van der Waals surface area (Å²) < 4.78 is 1.95. The van der Waals surface area contributed by atoms with Gasteiger partial charge in [-0.2, -0.15) is 0 Å². The molecule has 3 rings (SSSR count). The van der Waals surface area contributed by atoms with E-state index >= 15 is 0 Å². The zero-order valence-corrected chi connectivity index (χ0v) is 13.5. The fraction of sp³-hybridized carbons (Fsp3) is 0.444. The van der Waals surface area contributed by atoms with Crippen LogP contribution in [0.2, 0.25) is 0 Å². The average molecular weight is 312 g/mol. The van der Waals surface area contributed by atoms with Gasteiger partial charge in [0.15, 0.2) is 0 Å². The highest BCUT2D eigenvalue weighted by molar-refractivity contribution is 5.92. The first-order chi connectivity index (χ1) is 11.1. The number of aromatic nitrogens is 2. The summed E-state index contributed by atoms with van der Waals surface area (Å²) in [6.07, 6.45) is 7.48. The van der Waals surface area contributed by atoms with Gasteiger partial charge >= 0.3 is 0 Å². The molecule has 1 saturated carbocycles. The summed E-state index contributed by atoms with van der Waals surface area (Å²) in [4.78, 5) is 16.9. The molecule has 1 aliphatic carbocycles. The molecule has 1 amide bonds. The van der Waals surface area contributed by atoms with E-state index in [-0.39, 0.29) is 11.8 Å². The number of nitrogens with one attached hydrogen (secondary N) is 1. The first kappa shape index (κ1) is 15.7. The molecule has 1 fully saturated rings. The number of nitrogens with zero attached hydrogens (tertiary/aromatic N) is 2. The molecule has 2 unspecified atom stereocenters. The fourth-order valence-electron chi connectivity index (χ4n) is 3.33. The summed E-state index contributed by atoms with van der Waals surface area (Å²) in [5, 5.41) is 2.97. The van der Waals surface area contributed by atoms with E-state index in [9.17, 15) is 4.79 Å². The summed E-state index contributed by atoms with van der Waals surface area (Å²) >= 11 is 0. The monoisotopic (exact) mass is 312 g/mol. The first-order valence-corrected chi connectivity index (χ1v) is 8.21. The Labute approximate surface area is 136 Å². The van der Waals surface area contributed by atoms with Crippen LogP contribution in [0.3, 0.4) is 0 Å². The highest BCUT2D eigenvalue weighted by Crippen LogP contribution is 2.32. The van der Waals surface area contributed by atoms with E-state index in [4.69, 9.17) is 5.73 Å². The molecule has 23 heavy (non-hydrogen) atoms. The minimum absolute atomic E-state index is 0.0183. The van der Waals surface area contributed by atoms with Crippen molar-refractivity contribution >= 4 is 11.9 Å². The number of rotatable bonds is 4. The van der Waals surface area contributed by atoms with Crippen molar-refractivity contribution in [3.8, 4) is 0 Å². The number of imidazole rings is 1. The van der Waals surface area contributed by atoms with Crippen molar-refractivity contribution in [1.29, 1.82) is 0 Å². The third-order valence-electron chi connectivity index (χ3n) is 4.72. The van der Waals surface area contributed by atoms with E-state index in [0.717, 1.165) is 25.7 Å². The highest BCUT2D eigenvalue weighted by atomic mass is 16.2. The van der Waals surface area contributed by atoms with Gasteiger partial charge in [0.1, 0.15) is 0 Å². The Morgan fingerprint density at radius 3 is 2.91 bits per heavy atom. The summed E-state index contributed by atoms with van der Waals surface area (Å²) in [5.41, 5.74) is 7.06. The number of carbonyl (C=O) groups is 1. The van der Waals surface area contributed by atoms with Gasteiger partial charge in [-0.3, -0.25) is 10.1 Å². The Morgan fingerprint density at radius 1 is 1.39 bits per heavy atom. The molecule has 0 radical (unpaired) electrons. The fourth-order valence-corrected chi connectivity index (χ4v) is 3.33. The maximum atomic E-state index is 12.6. The second-order valence-electron chi connectivity index (χ2n) is 6.66. The van der Waals surface area contributed by atoms with Crippen LogP contribution in [-0.2, 0) is 11.3 Å². The smallest absolute Gasteiger partial charge is 0.231 e. The summed E-state index contributed by atoms with van der Waals surface area (Å²) in [7, 11) is 0. The van der Waals surface area contributed by atoms with Crippen molar-refractivity contribution in [3.63, 3.8) is 0 Å².